The first-order chi connectivity index (χ1) is 6.72. The predicted molar refractivity (Wildman–Crippen MR) is 43.8 cm³/mol. The van der Waals surface area contributed by atoms with Crippen LogP contribution in [0.5, 0.6) is 0 Å². The number of halogens is 3. The molecule has 0 aliphatic carbocycles. The van der Waals surface area contributed by atoms with Gasteiger partial charge in [-0.15, -0.1) is 5.10 Å². The molecule has 1 rings (SSSR count). The van der Waals surface area contributed by atoms with Crippen molar-refractivity contribution in [3.63, 3.8) is 0 Å². The second-order valence-corrected chi connectivity index (χ2v) is 5.04. The molecule has 0 aliphatic heterocycles. The van der Waals surface area contributed by atoms with E-state index in [0.29, 0.717) is 11.5 Å². The quantitative estimate of drug-likeness (QED) is 0.763. The Hall–Kier alpha value is -0.740. The van der Waals surface area contributed by atoms with Crippen molar-refractivity contribution < 1.29 is 25.8 Å². The van der Waals surface area contributed by atoms with E-state index in [2.05, 4.69) is 13.8 Å². The molecule has 1 aromatic rings. The molecule has 0 fully saturated rings. The van der Waals surface area contributed by atoms with Gasteiger partial charge in [0, 0.05) is 11.5 Å². The van der Waals surface area contributed by atoms with Crippen LogP contribution in [-0.2, 0) is 14.3 Å². The molecule has 0 aliphatic rings. The van der Waals surface area contributed by atoms with Crippen LogP contribution in [0.25, 0.3) is 0 Å². The molecule has 1 heterocycles. The molecule has 0 saturated heterocycles. The van der Waals surface area contributed by atoms with Gasteiger partial charge < -0.3 is 0 Å². The highest BCUT2D eigenvalue weighted by molar-refractivity contribution is 7.88. The van der Waals surface area contributed by atoms with E-state index < -0.39 is 27.1 Å². The molecule has 0 unspecified atom stereocenters. The van der Waals surface area contributed by atoms with E-state index in [1.54, 1.807) is 0 Å². The Balaban J connectivity index is 2.82. The molecule has 0 spiro atoms. The molecule has 0 aromatic carbocycles. The standard InChI is InChI=1S/C5H5F3N2O3S2/c1-3-4(14-10-9-3)15(11,12)13-2-5(6,7)8/h2H2,1H3. The normalized spacial score (nSPS) is 13.1. The first-order valence-electron chi connectivity index (χ1n) is 3.47. The molecular formula is C5H5F3N2O3S2. The highest BCUT2D eigenvalue weighted by atomic mass is 32.3. The van der Waals surface area contributed by atoms with Crippen molar-refractivity contribution in [2.75, 3.05) is 6.61 Å². The summed E-state index contributed by atoms with van der Waals surface area (Å²) < 4.78 is 64.1. The minimum Gasteiger partial charge on any atom is -0.256 e. The monoisotopic (exact) mass is 262 g/mol. The van der Waals surface area contributed by atoms with Gasteiger partial charge in [-0.25, -0.2) is 0 Å². The molecule has 0 radical (unpaired) electrons. The zero-order valence-electron chi connectivity index (χ0n) is 7.28. The summed E-state index contributed by atoms with van der Waals surface area (Å²) >= 11 is 0.466. The lowest BCUT2D eigenvalue weighted by molar-refractivity contribution is -0.152. The average Bonchev–Trinajstić information content (AvgIpc) is 2.47. The zero-order valence-corrected chi connectivity index (χ0v) is 8.91. The maximum atomic E-state index is 11.7. The highest BCUT2D eigenvalue weighted by Gasteiger charge is 2.33. The van der Waals surface area contributed by atoms with Gasteiger partial charge >= 0.3 is 16.3 Å². The smallest absolute Gasteiger partial charge is 0.256 e. The topological polar surface area (TPSA) is 69.2 Å². The number of hydrogen-bond acceptors (Lipinski definition) is 6. The van der Waals surface area contributed by atoms with Crippen LogP contribution < -0.4 is 0 Å². The van der Waals surface area contributed by atoms with E-state index in [1.165, 1.54) is 6.92 Å². The molecule has 0 saturated carbocycles. The van der Waals surface area contributed by atoms with Crippen molar-refractivity contribution >= 4 is 21.7 Å². The number of aryl methyl sites for hydroxylation is 1. The summed E-state index contributed by atoms with van der Waals surface area (Å²) in [5.74, 6) is 0. The molecule has 1 aromatic heterocycles. The summed E-state index contributed by atoms with van der Waals surface area (Å²) in [6.07, 6.45) is -4.70. The van der Waals surface area contributed by atoms with Crippen LogP contribution >= 0.6 is 11.5 Å². The minimum atomic E-state index is -4.70. The number of hydrogen-bond donors (Lipinski definition) is 0. The van der Waals surface area contributed by atoms with Crippen molar-refractivity contribution in [2.45, 2.75) is 17.3 Å². The minimum absolute atomic E-state index is 0.0159. The number of nitrogens with zero attached hydrogens (tertiary/aromatic N) is 2. The summed E-state index contributed by atoms with van der Waals surface area (Å²) in [5, 5.41) is 3.36. The van der Waals surface area contributed by atoms with Gasteiger partial charge in [-0.1, -0.05) is 4.49 Å². The van der Waals surface area contributed by atoms with Crippen LogP contribution in [0.15, 0.2) is 4.21 Å². The van der Waals surface area contributed by atoms with Gasteiger partial charge in [-0.05, 0) is 6.92 Å². The number of alkyl halides is 3. The Labute approximate surface area is 87.2 Å². The van der Waals surface area contributed by atoms with E-state index in [0.717, 1.165) is 0 Å². The Morgan fingerprint density at radius 3 is 2.47 bits per heavy atom. The fourth-order valence-electron chi connectivity index (χ4n) is 0.650. The lowest BCUT2D eigenvalue weighted by atomic mass is 10.6. The summed E-state index contributed by atoms with van der Waals surface area (Å²) in [7, 11) is -4.41. The first-order valence-corrected chi connectivity index (χ1v) is 5.66. The molecular weight excluding hydrogens is 257 g/mol. The molecule has 0 amide bonds. The number of aromatic nitrogens is 2. The van der Waals surface area contributed by atoms with Crippen LogP contribution in [0.1, 0.15) is 5.69 Å². The van der Waals surface area contributed by atoms with Crippen molar-refractivity contribution in [2.24, 2.45) is 0 Å². The van der Waals surface area contributed by atoms with Crippen LogP contribution in [0, 0.1) is 6.92 Å². The molecule has 0 bridgehead atoms. The molecule has 15 heavy (non-hydrogen) atoms. The Bertz CT molecular complexity index is 439. The van der Waals surface area contributed by atoms with Gasteiger partial charge in [0.05, 0.1) is 5.69 Å². The zero-order chi connectivity index (χ0) is 11.7. The van der Waals surface area contributed by atoms with E-state index in [1.807, 2.05) is 0 Å². The molecule has 5 nitrogen and oxygen atoms in total. The summed E-state index contributed by atoms with van der Waals surface area (Å²) in [5.41, 5.74) is 0.0159. The lowest BCUT2D eigenvalue weighted by Gasteiger charge is -2.06. The first kappa shape index (κ1) is 12.3. The van der Waals surface area contributed by atoms with Gasteiger partial charge in [-0.2, -0.15) is 21.6 Å². The van der Waals surface area contributed by atoms with Gasteiger partial charge in [0.2, 0.25) is 0 Å². The van der Waals surface area contributed by atoms with Gasteiger partial charge in [0.1, 0.15) is 0 Å². The van der Waals surface area contributed by atoms with Gasteiger partial charge in [0.15, 0.2) is 10.8 Å². The Kier molecular flexibility index (Phi) is 3.31. The Morgan fingerprint density at radius 2 is 2.07 bits per heavy atom. The van der Waals surface area contributed by atoms with Crippen LogP contribution in [0.2, 0.25) is 0 Å². The Morgan fingerprint density at radius 1 is 1.47 bits per heavy atom. The largest absolute Gasteiger partial charge is 0.413 e. The summed E-state index contributed by atoms with van der Waals surface area (Å²) in [6, 6.07) is 0. The summed E-state index contributed by atoms with van der Waals surface area (Å²) in [6.45, 7) is -0.542. The summed E-state index contributed by atoms with van der Waals surface area (Å²) in [4.78, 5) is 0. The van der Waals surface area contributed by atoms with E-state index in [-0.39, 0.29) is 5.69 Å². The van der Waals surface area contributed by atoms with Crippen molar-refractivity contribution in [1.29, 1.82) is 0 Å². The third kappa shape index (κ3) is 3.39. The van der Waals surface area contributed by atoms with Gasteiger partial charge in [-0.3, -0.25) is 4.18 Å². The van der Waals surface area contributed by atoms with Crippen LogP contribution in [0.3, 0.4) is 0 Å². The maximum absolute atomic E-state index is 11.7. The fourth-order valence-corrected chi connectivity index (χ4v) is 2.47. The SMILES string of the molecule is Cc1nnsc1S(=O)(=O)OCC(F)(F)F. The highest BCUT2D eigenvalue weighted by Crippen LogP contribution is 2.22. The van der Waals surface area contributed by atoms with Crippen LogP contribution in [0.4, 0.5) is 13.2 Å². The molecule has 0 N–H and O–H groups in total. The maximum Gasteiger partial charge on any atom is 0.413 e. The van der Waals surface area contributed by atoms with E-state index in [9.17, 15) is 21.6 Å². The van der Waals surface area contributed by atoms with Crippen LogP contribution in [-0.4, -0.2) is 30.8 Å². The third-order valence-electron chi connectivity index (χ3n) is 1.21. The van der Waals surface area contributed by atoms with Crippen molar-refractivity contribution in [3.8, 4) is 0 Å². The third-order valence-corrected chi connectivity index (χ3v) is 3.85. The van der Waals surface area contributed by atoms with E-state index in [4.69, 9.17) is 0 Å². The van der Waals surface area contributed by atoms with Crippen molar-refractivity contribution in [3.05, 3.63) is 5.69 Å². The predicted octanol–water partition coefficient (Wildman–Crippen LogP) is 1.11. The second kappa shape index (κ2) is 4.02. The number of rotatable bonds is 3. The second-order valence-electron chi connectivity index (χ2n) is 2.48. The van der Waals surface area contributed by atoms with Gasteiger partial charge in [0.25, 0.3) is 0 Å². The average molecular weight is 262 g/mol. The fraction of sp³-hybridized carbons (Fsp3) is 0.600. The van der Waals surface area contributed by atoms with Crippen molar-refractivity contribution in [1.82, 2.24) is 9.59 Å². The molecule has 0 atom stereocenters. The van der Waals surface area contributed by atoms with E-state index >= 15 is 0 Å². The molecule has 86 valence electrons. The lowest BCUT2D eigenvalue weighted by Crippen LogP contribution is -2.20. The molecule has 10 heteroatoms.